The number of amides is 1. The van der Waals surface area contributed by atoms with E-state index in [0.717, 1.165) is 18.4 Å². The standard InChI is InChI=1S/C17H18N4O4/c1-25-16-7-2-11(9-18-16)10-19-17(22)12-3-6-14(20-13-4-5-13)15(8-12)21(23)24/h2-3,6-9,13,20H,4-5,10H2,1H3,(H,19,22). The second-order valence-electron chi connectivity index (χ2n) is 5.80. The van der Waals surface area contributed by atoms with Crippen LogP contribution in [-0.4, -0.2) is 29.0 Å². The summed E-state index contributed by atoms with van der Waals surface area (Å²) in [5.74, 6) is 0.112. The number of rotatable bonds is 7. The van der Waals surface area contributed by atoms with Gasteiger partial charge >= 0.3 is 0 Å². The van der Waals surface area contributed by atoms with Gasteiger partial charge in [-0.2, -0.15) is 0 Å². The molecule has 3 rings (SSSR count). The molecule has 25 heavy (non-hydrogen) atoms. The number of nitro benzene ring substituents is 1. The molecule has 8 nitrogen and oxygen atoms in total. The number of nitrogens with one attached hydrogen (secondary N) is 2. The van der Waals surface area contributed by atoms with Crippen LogP contribution in [0.25, 0.3) is 0 Å². The third-order valence-electron chi connectivity index (χ3n) is 3.85. The maximum Gasteiger partial charge on any atom is 0.293 e. The van der Waals surface area contributed by atoms with Crippen molar-refractivity contribution in [3.63, 3.8) is 0 Å². The number of anilines is 1. The lowest BCUT2D eigenvalue weighted by Crippen LogP contribution is -2.23. The van der Waals surface area contributed by atoms with E-state index in [1.54, 1.807) is 30.5 Å². The number of pyridine rings is 1. The molecule has 1 amide bonds. The first kappa shape index (κ1) is 16.7. The van der Waals surface area contributed by atoms with Crippen LogP contribution in [0.5, 0.6) is 5.88 Å². The Labute approximate surface area is 144 Å². The Kier molecular flexibility index (Phi) is 4.78. The van der Waals surface area contributed by atoms with Gasteiger partial charge in [0.25, 0.3) is 11.6 Å². The lowest BCUT2D eigenvalue weighted by Gasteiger charge is -2.09. The Balaban J connectivity index is 1.68. The molecule has 130 valence electrons. The first-order valence-corrected chi connectivity index (χ1v) is 7.89. The summed E-state index contributed by atoms with van der Waals surface area (Å²) < 4.78 is 4.97. The predicted octanol–water partition coefficient (Wildman–Crippen LogP) is 2.50. The summed E-state index contributed by atoms with van der Waals surface area (Å²) in [6.07, 6.45) is 3.62. The smallest absolute Gasteiger partial charge is 0.293 e. The number of benzene rings is 1. The first-order valence-electron chi connectivity index (χ1n) is 7.89. The number of hydrogen-bond acceptors (Lipinski definition) is 6. The molecule has 1 heterocycles. The lowest BCUT2D eigenvalue weighted by molar-refractivity contribution is -0.384. The Morgan fingerprint density at radius 2 is 2.16 bits per heavy atom. The van der Waals surface area contributed by atoms with E-state index in [0.29, 0.717) is 17.6 Å². The fourth-order valence-corrected chi connectivity index (χ4v) is 2.31. The highest BCUT2D eigenvalue weighted by molar-refractivity contribution is 5.95. The minimum Gasteiger partial charge on any atom is -0.481 e. The van der Waals surface area contributed by atoms with Crippen LogP contribution in [0.2, 0.25) is 0 Å². The number of carbonyl (C=O) groups excluding carboxylic acids is 1. The van der Waals surface area contributed by atoms with E-state index in [-0.39, 0.29) is 23.7 Å². The van der Waals surface area contributed by atoms with Gasteiger partial charge < -0.3 is 15.4 Å². The van der Waals surface area contributed by atoms with Gasteiger partial charge in [0.15, 0.2) is 0 Å². The van der Waals surface area contributed by atoms with Crippen LogP contribution in [0.15, 0.2) is 36.5 Å². The average Bonchev–Trinajstić information content (AvgIpc) is 3.44. The van der Waals surface area contributed by atoms with Gasteiger partial charge in [-0.05, 0) is 30.5 Å². The largest absolute Gasteiger partial charge is 0.481 e. The van der Waals surface area contributed by atoms with Crippen LogP contribution in [-0.2, 0) is 6.54 Å². The summed E-state index contributed by atoms with van der Waals surface area (Å²) in [6, 6.07) is 8.24. The van der Waals surface area contributed by atoms with Crippen molar-refractivity contribution < 1.29 is 14.5 Å². The average molecular weight is 342 g/mol. The van der Waals surface area contributed by atoms with E-state index < -0.39 is 4.92 Å². The molecule has 0 aliphatic heterocycles. The van der Waals surface area contributed by atoms with E-state index in [9.17, 15) is 14.9 Å². The zero-order valence-corrected chi connectivity index (χ0v) is 13.7. The normalized spacial score (nSPS) is 13.2. The highest BCUT2D eigenvalue weighted by Crippen LogP contribution is 2.31. The van der Waals surface area contributed by atoms with Gasteiger partial charge in [0.1, 0.15) is 5.69 Å². The maximum absolute atomic E-state index is 12.3. The van der Waals surface area contributed by atoms with E-state index in [4.69, 9.17) is 4.74 Å². The molecule has 1 aliphatic carbocycles. The summed E-state index contributed by atoms with van der Waals surface area (Å²) in [6.45, 7) is 0.270. The molecule has 0 atom stereocenters. The maximum atomic E-state index is 12.3. The van der Waals surface area contributed by atoms with Crippen LogP contribution in [0.3, 0.4) is 0 Å². The van der Waals surface area contributed by atoms with Gasteiger partial charge in [-0.25, -0.2) is 4.98 Å². The minimum absolute atomic E-state index is 0.0920. The van der Waals surface area contributed by atoms with E-state index >= 15 is 0 Å². The monoisotopic (exact) mass is 342 g/mol. The summed E-state index contributed by atoms with van der Waals surface area (Å²) in [5.41, 5.74) is 1.40. The molecule has 1 aliphatic rings. The lowest BCUT2D eigenvalue weighted by atomic mass is 10.1. The van der Waals surface area contributed by atoms with Gasteiger partial charge in [0, 0.05) is 36.5 Å². The number of nitro groups is 1. The molecule has 0 unspecified atom stereocenters. The van der Waals surface area contributed by atoms with Crippen molar-refractivity contribution in [2.45, 2.75) is 25.4 Å². The van der Waals surface area contributed by atoms with Crippen molar-refractivity contribution >= 4 is 17.3 Å². The van der Waals surface area contributed by atoms with Crippen molar-refractivity contribution in [2.75, 3.05) is 12.4 Å². The number of hydrogen-bond donors (Lipinski definition) is 2. The van der Waals surface area contributed by atoms with E-state index in [1.807, 2.05) is 0 Å². The van der Waals surface area contributed by atoms with Crippen LogP contribution < -0.4 is 15.4 Å². The summed E-state index contributed by atoms with van der Waals surface area (Å²) in [4.78, 5) is 27.1. The molecule has 1 saturated carbocycles. The molecule has 1 fully saturated rings. The van der Waals surface area contributed by atoms with Gasteiger partial charge in [0.2, 0.25) is 5.88 Å². The number of ether oxygens (including phenoxy) is 1. The highest BCUT2D eigenvalue weighted by Gasteiger charge is 2.25. The van der Waals surface area contributed by atoms with Crippen LogP contribution in [0, 0.1) is 10.1 Å². The number of carbonyl (C=O) groups is 1. The zero-order chi connectivity index (χ0) is 17.8. The molecule has 1 aromatic carbocycles. The van der Waals surface area contributed by atoms with Crippen LogP contribution >= 0.6 is 0 Å². The van der Waals surface area contributed by atoms with E-state index in [2.05, 4.69) is 15.6 Å². The van der Waals surface area contributed by atoms with Crippen LogP contribution in [0.4, 0.5) is 11.4 Å². The molecule has 0 spiro atoms. The van der Waals surface area contributed by atoms with Crippen molar-refractivity contribution in [3.8, 4) is 5.88 Å². The zero-order valence-electron chi connectivity index (χ0n) is 13.7. The third kappa shape index (κ3) is 4.23. The van der Waals surface area contributed by atoms with Crippen molar-refractivity contribution in [3.05, 3.63) is 57.8 Å². The van der Waals surface area contributed by atoms with Gasteiger partial charge in [-0.15, -0.1) is 0 Å². The molecule has 0 bridgehead atoms. The molecule has 8 heteroatoms. The molecule has 1 aromatic heterocycles. The topological polar surface area (TPSA) is 106 Å². The molecular weight excluding hydrogens is 324 g/mol. The first-order chi connectivity index (χ1) is 12.1. The molecule has 2 aromatic rings. The van der Waals surface area contributed by atoms with Crippen molar-refractivity contribution in [1.82, 2.24) is 10.3 Å². The fourth-order valence-electron chi connectivity index (χ4n) is 2.31. The quantitative estimate of drug-likeness (QED) is 0.591. The van der Waals surface area contributed by atoms with Crippen molar-refractivity contribution in [2.24, 2.45) is 0 Å². The summed E-state index contributed by atoms with van der Waals surface area (Å²) in [5, 5.41) is 17.1. The predicted molar refractivity (Wildman–Crippen MR) is 91.7 cm³/mol. The van der Waals surface area contributed by atoms with Gasteiger partial charge in [-0.1, -0.05) is 6.07 Å². The highest BCUT2D eigenvalue weighted by atomic mass is 16.6. The van der Waals surface area contributed by atoms with Crippen molar-refractivity contribution in [1.29, 1.82) is 0 Å². The van der Waals surface area contributed by atoms with Crippen LogP contribution in [0.1, 0.15) is 28.8 Å². The van der Waals surface area contributed by atoms with E-state index in [1.165, 1.54) is 13.2 Å². The molecule has 2 N–H and O–H groups in total. The Morgan fingerprint density at radius 1 is 1.36 bits per heavy atom. The van der Waals surface area contributed by atoms with Gasteiger partial charge in [-0.3, -0.25) is 14.9 Å². The second-order valence-corrected chi connectivity index (χ2v) is 5.80. The minimum atomic E-state index is -0.477. The SMILES string of the molecule is COc1ccc(CNC(=O)c2ccc(NC3CC3)c([N+](=O)[O-])c2)cn1. The Hall–Kier alpha value is -3.16. The van der Waals surface area contributed by atoms with Gasteiger partial charge in [0.05, 0.1) is 12.0 Å². The summed E-state index contributed by atoms with van der Waals surface area (Å²) in [7, 11) is 1.53. The number of aromatic nitrogens is 1. The Morgan fingerprint density at radius 3 is 2.76 bits per heavy atom. The number of nitrogens with zero attached hydrogens (tertiary/aromatic N) is 2. The molecule has 0 radical (unpaired) electrons. The Bertz CT molecular complexity index is 788. The fraction of sp³-hybridized carbons (Fsp3) is 0.294. The second kappa shape index (κ2) is 7.16. The third-order valence-corrected chi connectivity index (χ3v) is 3.85. The number of methoxy groups -OCH3 is 1. The molecular formula is C17H18N4O4. The summed E-state index contributed by atoms with van der Waals surface area (Å²) >= 11 is 0. The molecule has 0 saturated heterocycles.